The summed E-state index contributed by atoms with van der Waals surface area (Å²) in [5.41, 5.74) is 0.214. The van der Waals surface area contributed by atoms with Gasteiger partial charge in [-0.15, -0.1) is 0 Å². The number of rotatable bonds is 6. The Bertz CT molecular complexity index is 748. The van der Waals surface area contributed by atoms with Crippen molar-refractivity contribution < 1.29 is 17.9 Å². The van der Waals surface area contributed by atoms with Crippen LogP contribution in [0.5, 0.6) is 0 Å². The Labute approximate surface area is 158 Å². The summed E-state index contributed by atoms with van der Waals surface area (Å²) in [6.45, 7) is 0.340. The third-order valence-electron chi connectivity index (χ3n) is 6.09. The third kappa shape index (κ3) is 3.62. The molecular formula is C18H23ClN2O4S. The van der Waals surface area contributed by atoms with Crippen LogP contribution in [0.2, 0.25) is 0 Å². The number of halogens is 1. The number of carbonyl (C=O) groups excluding carboxylic acids is 1. The van der Waals surface area contributed by atoms with Crippen LogP contribution in [0.1, 0.15) is 48.9 Å². The summed E-state index contributed by atoms with van der Waals surface area (Å²) in [4.78, 5) is 14.3. The Hall–Kier alpha value is -1.18. The molecule has 4 bridgehead atoms. The van der Waals surface area contributed by atoms with Gasteiger partial charge in [0.1, 0.15) is 0 Å². The number of nitrogens with zero attached hydrogens (tertiary/aromatic N) is 1. The number of aromatic nitrogens is 1. The fourth-order valence-electron chi connectivity index (χ4n) is 5.53. The number of nitrogens with one attached hydrogen (secondary N) is 1. The topological polar surface area (TPSA) is 85.4 Å². The zero-order chi connectivity index (χ0) is 18.4. The Morgan fingerprint density at radius 1 is 1.27 bits per heavy atom. The van der Waals surface area contributed by atoms with Crippen LogP contribution in [0.15, 0.2) is 24.5 Å². The van der Waals surface area contributed by atoms with Crippen LogP contribution >= 0.6 is 11.6 Å². The Kier molecular flexibility index (Phi) is 4.73. The molecule has 0 aliphatic heterocycles. The minimum absolute atomic E-state index is 0.0603. The first-order chi connectivity index (χ1) is 12.4. The summed E-state index contributed by atoms with van der Waals surface area (Å²) in [6.07, 6.45) is 10.0. The maximum atomic E-state index is 12.3. The maximum absolute atomic E-state index is 12.3. The van der Waals surface area contributed by atoms with Gasteiger partial charge in [0.25, 0.3) is 20.8 Å². The van der Waals surface area contributed by atoms with Crippen molar-refractivity contribution in [1.29, 1.82) is 0 Å². The number of amides is 1. The van der Waals surface area contributed by atoms with Gasteiger partial charge in [0.15, 0.2) is 0 Å². The average molecular weight is 399 g/mol. The van der Waals surface area contributed by atoms with Crippen molar-refractivity contribution in [2.24, 2.45) is 23.2 Å². The molecule has 0 radical (unpaired) electrons. The first kappa shape index (κ1) is 18.2. The molecule has 1 heterocycles. The number of carbonyl (C=O) groups is 1. The molecule has 26 heavy (non-hydrogen) atoms. The van der Waals surface area contributed by atoms with E-state index >= 15 is 0 Å². The average Bonchev–Trinajstić information content (AvgIpc) is 2.59. The minimum Gasteiger partial charge on any atom is -0.347 e. The van der Waals surface area contributed by atoms with Gasteiger partial charge in [0.2, 0.25) is 0 Å². The molecule has 1 aromatic heterocycles. The highest BCUT2D eigenvalue weighted by Gasteiger charge is 2.51. The first-order valence-corrected chi connectivity index (χ1v) is 11.1. The van der Waals surface area contributed by atoms with E-state index in [2.05, 4.69) is 4.98 Å². The van der Waals surface area contributed by atoms with E-state index in [-0.39, 0.29) is 11.0 Å². The van der Waals surface area contributed by atoms with Gasteiger partial charge in [-0.2, -0.15) is 0 Å². The van der Waals surface area contributed by atoms with Crippen molar-refractivity contribution >= 4 is 27.5 Å². The lowest BCUT2D eigenvalue weighted by molar-refractivity contribution is -0.0942. The normalized spacial score (nSPS) is 33.8. The van der Waals surface area contributed by atoms with Gasteiger partial charge in [-0.1, -0.05) is 11.6 Å². The van der Waals surface area contributed by atoms with E-state index in [0.717, 1.165) is 37.0 Å². The van der Waals surface area contributed by atoms with Crippen LogP contribution in [0.25, 0.3) is 0 Å². The molecule has 4 aliphatic rings. The highest BCUT2D eigenvalue weighted by Crippen LogP contribution is 2.60. The van der Waals surface area contributed by atoms with Crippen molar-refractivity contribution in [3.63, 3.8) is 0 Å². The smallest absolute Gasteiger partial charge is 0.277 e. The summed E-state index contributed by atoms with van der Waals surface area (Å²) >= 11 is 6.00. The zero-order valence-electron chi connectivity index (χ0n) is 14.4. The van der Waals surface area contributed by atoms with E-state index in [9.17, 15) is 13.2 Å². The minimum atomic E-state index is -4.13. The number of ether oxygens (including phenoxy) is 1. The van der Waals surface area contributed by atoms with E-state index in [0.29, 0.717) is 6.61 Å². The van der Waals surface area contributed by atoms with E-state index < -0.39 is 20.8 Å². The lowest BCUT2D eigenvalue weighted by atomic mass is 9.50. The van der Waals surface area contributed by atoms with Crippen LogP contribution in [-0.2, 0) is 14.8 Å². The number of pyridine rings is 1. The molecule has 4 aliphatic carbocycles. The predicted octanol–water partition coefficient (Wildman–Crippen LogP) is 2.90. The van der Waals surface area contributed by atoms with Gasteiger partial charge in [-0.25, -0.2) is 13.1 Å². The summed E-state index contributed by atoms with van der Waals surface area (Å²) in [7, 11) is -4.13. The molecule has 6 nitrogen and oxygen atoms in total. The number of sulfonamides is 1. The first-order valence-electron chi connectivity index (χ1n) is 9.07. The van der Waals surface area contributed by atoms with Crippen LogP contribution in [0.4, 0.5) is 0 Å². The van der Waals surface area contributed by atoms with Crippen molar-refractivity contribution in [3.8, 4) is 0 Å². The summed E-state index contributed by atoms with van der Waals surface area (Å²) in [6, 6.07) is 3.04. The van der Waals surface area contributed by atoms with Crippen LogP contribution < -0.4 is 4.72 Å². The fraction of sp³-hybridized carbons (Fsp3) is 0.667. The van der Waals surface area contributed by atoms with Crippen molar-refractivity contribution in [2.75, 3.05) is 6.61 Å². The molecule has 4 fully saturated rings. The molecule has 1 N–H and O–H groups in total. The van der Waals surface area contributed by atoms with Gasteiger partial charge in [0, 0.05) is 12.4 Å². The quantitative estimate of drug-likeness (QED) is 0.744. The van der Waals surface area contributed by atoms with Crippen molar-refractivity contribution in [3.05, 3.63) is 30.1 Å². The summed E-state index contributed by atoms with van der Waals surface area (Å²) in [5, 5.41) is 0. The van der Waals surface area contributed by atoms with Gasteiger partial charge >= 0.3 is 0 Å². The largest absolute Gasteiger partial charge is 0.347 e. The lowest BCUT2D eigenvalue weighted by Crippen LogP contribution is -2.49. The van der Waals surface area contributed by atoms with E-state index in [1.165, 1.54) is 37.7 Å². The molecule has 1 amide bonds. The van der Waals surface area contributed by atoms with Gasteiger partial charge in [-0.3, -0.25) is 9.78 Å². The summed E-state index contributed by atoms with van der Waals surface area (Å²) < 4.78 is 32.2. The SMILES string of the molecule is O=C(NS(=O)(=O)C(Cl)OCC12CC3CC(CC(C3)C1)C2)c1cccnc1. The van der Waals surface area contributed by atoms with Crippen LogP contribution in [-0.4, -0.2) is 30.8 Å². The lowest BCUT2D eigenvalue weighted by Gasteiger charge is -2.56. The molecule has 1 atom stereocenters. The molecule has 0 saturated heterocycles. The molecule has 5 rings (SSSR count). The molecule has 0 aromatic carbocycles. The third-order valence-corrected chi connectivity index (χ3v) is 8.01. The number of hydrogen-bond donors (Lipinski definition) is 1. The monoisotopic (exact) mass is 398 g/mol. The zero-order valence-corrected chi connectivity index (χ0v) is 16.0. The van der Waals surface area contributed by atoms with Crippen molar-refractivity contribution in [1.82, 2.24) is 9.71 Å². The van der Waals surface area contributed by atoms with E-state index in [1.54, 1.807) is 6.07 Å². The van der Waals surface area contributed by atoms with E-state index in [4.69, 9.17) is 16.3 Å². The van der Waals surface area contributed by atoms with E-state index in [1.807, 2.05) is 4.72 Å². The highest BCUT2D eigenvalue weighted by atomic mass is 35.5. The Morgan fingerprint density at radius 2 is 1.88 bits per heavy atom. The summed E-state index contributed by atoms with van der Waals surface area (Å²) in [5.74, 6) is 1.49. The maximum Gasteiger partial charge on any atom is 0.277 e. The Balaban J connectivity index is 1.37. The number of alkyl halides is 1. The van der Waals surface area contributed by atoms with Crippen LogP contribution in [0, 0.1) is 23.2 Å². The molecule has 4 saturated carbocycles. The molecule has 8 heteroatoms. The highest BCUT2D eigenvalue weighted by molar-refractivity contribution is 7.91. The molecule has 0 spiro atoms. The van der Waals surface area contributed by atoms with Crippen LogP contribution in [0.3, 0.4) is 0 Å². The van der Waals surface area contributed by atoms with Gasteiger partial charge in [-0.05, 0) is 73.8 Å². The van der Waals surface area contributed by atoms with Crippen molar-refractivity contribution in [2.45, 2.75) is 43.4 Å². The fourth-order valence-corrected chi connectivity index (χ4v) is 6.44. The molecule has 142 valence electrons. The molecule has 1 unspecified atom stereocenters. The number of hydrogen-bond acceptors (Lipinski definition) is 5. The molecular weight excluding hydrogens is 376 g/mol. The standard InChI is InChI=1S/C18H23ClN2O4S/c19-17(26(23,24)21-16(22)15-2-1-3-20-10-15)25-11-18-7-12-4-13(8-18)6-14(5-12)9-18/h1-3,10,12-14,17H,4-9,11H2,(H,21,22). The predicted molar refractivity (Wildman–Crippen MR) is 96.8 cm³/mol. The van der Waals surface area contributed by atoms with Gasteiger partial charge < -0.3 is 4.74 Å². The second-order valence-electron chi connectivity index (χ2n) is 8.22. The second kappa shape index (κ2) is 6.77. The van der Waals surface area contributed by atoms with Gasteiger partial charge in [0.05, 0.1) is 12.2 Å². The Morgan fingerprint density at radius 3 is 2.42 bits per heavy atom. The molecule has 1 aromatic rings. The second-order valence-corrected chi connectivity index (χ2v) is 10.6.